The molecule has 0 atom stereocenters. The molecule has 0 bridgehead atoms. The summed E-state index contributed by atoms with van der Waals surface area (Å²) in [7, 11) is 1.65. The Morgan fingerprint density at radius 3 is 2.31 bits per heavy atom. The molecule has 0 fully saturated rings. The predicted molar refractivity (Wildman–Crippen MR) is 114 cm³/mol. The summed E-state index contributed by atoms with van der Waals surface area (Å²) in [5.41, 5.74) is 7.58. The van der Waals surface area contributed by atoms with Crippen LogP contribution >= 0.6 is 0 Å². The Balaban J connectivity index is 1.84. The molecular formula is C23H22N4O2. The van der Waals surface area contributed by atoms with Gasteiger partial charge in [-0.25, -0.2) is 15.4 Å². The molecule has 0 radical (unpaired) electrons. The number of benzene rings is 2. The molecular weight excluding hydrogens is 364 g/mol. The number of nitrogens with one attached hydrogen (secondary N) is 1. The molecule has 0 aliphatic carbocycles. The van der Waals surface area contributed by atoms with Gasteiger partial charge >= 0.3 is 0 Å². The summed E-state index contributed by atoms with van der Waals surface area (Å²) in [5, 5.41) is 6.23. The Morgan fingerprint density at radius 1 is 0.897 bits per heavy atom. The van der Waals surface area contributed by atoms with E-state index in [4.69, 9.17) is 9.15 Å². The molecule has 1 N–H and O–H groups in total. The van der Waals surface area contributed by atoms with Crippen LogP contribution in [0.25, 0.3) is 22.3 Å². The van der Waals surface area contributed by atoms with Gasteiger partial charge in [0.25, 0.3) is 0 Å². The number of fused-ring (bicyclic) bond motifs is 1. The molecule has 2 aromatic carbocycles. The van der Waals surface area contributed by atoms with Crippen molar-refractivity contribution in [2.45, 2.75) is 20.8 Å². The van der Waals surface area contributed by atoms with Crippen molar-refractivity contribution in [1.82, 2.24) is 9.97 Å². The van der Waals surface area contributed by atoms with Gasteiger partial charge in [-0.1, -0.05) is 6.07 Å². The van der Waals surface area contributed by atoms with Gasteiger partial charge in [-0.2, -0.15) is 5.10 Å². The first-order valence-electron chi connectivity index (χ1n) is 9.33. The fourth-order valence-electron chi connectivity index (χ4n) is 3.15. The minimum atomic E-state index is 0.467. The van der Waals surface area contributed by atoms with Crippen molar-refractivity contribution in [1.29, 1.82) is 0 Å². The largest absolute Gasteiger partial charge is 0.497 e. The third-order valence-corrected chi connectivity index (χ3v) is 4.53. The fraction of sp³-hybridized carbons (Fsp3) is 0.174. The van der Waals surface area contributed by atoms with Gasteiger partial charge in [0.2, 0.25) is 5.95 Å². The number of methoxy groups -OCH3 is 1. The van der Waals surface area contributed by atoms with Crippen molar-refractivity contribution in [2.24, 2.45) is 5.10 Å². The minimum Gasteiger partial charge on any atom is -0.497 e. The van der Waals surface area contributed by atoms with Crippen LogP contribution in [-0.4, -0.2) is 17.1 Å². The number of aromatic nitrogens is 2. The van der Waals surface area contributed by atoms with E-state index in [1.165, 1.54) is 0 Å². The van der Waals surface area contributed by atoms with Crippen molar-refractivity contribution < 1.29 is 9.15 Å². The van der Waals surface area contributed by atoms with E-state index < -0.39 is 0 Å². The van der Waals surface area contributed by atoms with E-state index in [9.17, 15) is 0 Å². The minimum absolute atomic E-state index is 0.467. The molecule has 6 nitrogen and oxygen atoms in total. The highest BCUT2D eigenvalue weighted by molar-refractivity contribution is 5.79. The lowest BCUT2D eigenvalue weighted by molar-refractivity contribution is 0.415. The Hall–Kier alpha value is -3.67. The molecule has 2 heterocycles. The molecule has 0 saturated heterocycles. The Morgan fingerprint density at radius 2 is 1.62 bits per heavy atom. The van der Waals surface area contributed by atoms with Crippen molar-refractivity contribution in [3.05, 3.63) is 76.9 Å². The quantitative estimate of drug-likeness (QED) is 0.512. The molecule has 0 saturated carbocycles. The van der Waals surface area contributed by atoms with E-state index >= 15 is 0 Å². The van der Waals surface area contributed by atoms with Crippen molar-refractivity contribution >= 4 is 16.9 Å². The van der Waals surface area contributed by atoms with Crippen LogP contribution in [-0.2, 0) is 0 Å². The standard InChI is InChI=1S/C23H22N4O2/c1-14-5-10-19-20(26-27-23-24-15(2)12-16(3)25-23)13-21(29-22(19)11-14)17-6-8-18(28-4)9-7-17/h5-13H,1-4H3,(H,24,25,27). The van der Waals surface area contributed by atoms with Crippen molar-refractivity contribution in [3.8, 4) is 17.1 Å². The van der Waals surface area contributed by atoms with Crippen molar-refractivity contribution in [3.63, 3.8) is 0 Å². The molecule has 146 valence electrons. The van der Waals surface area contributed by atoms with Crippen LogP contribution in [0.3, 0.4) is 0 Å². The summed E-state index contributed by atoms with van der Waals surface area (Å²) in [4.78, 5) is 8.78. The smallest absolute Gasteiger partial charge is 0.243 e. The first-order chi connectivity index (χ1) is 14.0. The number of hydrogen-bond donors (Lipinski definition) is 1. The second kappa shape index (κ2) is 7.75. The molecule has 4 rings (SSSR count). The zero-order valence-electron chi connectivity index (χ0n) is 16.9. The monoisotopic (exact) mass is 386 g/mol. The van der Waals surface area contributed by atoms with Gasteiger partial charge in [0, 0.05) is 28.4 Å². The van der Waals surface area contributed by atoms with Gasteiger partial charge in [0.1, 0.15) is 17.1 Å². The highest BCUT2D eigenvalue weighted by atomic mass is 16.5. The van der Waals surface area contributed by atoms with Gasteiger partial charge in [-0.05, 0) is 68.8 Å². The van der Waals surface area contributed by atoms with Crippen LogP contribution in [0.1, 0.15) is 17.0 Å². The maximum atomic E-state index is 6.17. The van der Waals surface area contributed by atoms with Crippen LogP contribution in [0, 0.1) is 20.8 Å². The highest BCUT2D eigenvalue weighted by Gasteiger charge is 2.07. The summed E-state index contributed by atoms with van der Waals surface area (Å²) >= 11 is 0. The normalized spacial score (nSPS) is 11.7. The fourth-order valence-corrected chi connectivity index (χ4v) is 3.15. The first-order valence-corrected chi connectivity index (χ1v) is 9.33. The molecule has 0 aliphatic rings. The average Bonchev–Trinajstić information content (AvgIpc) is 2.71. The molecule has 0 amide bonds. The second-order valence-corrected chi connectivity index (χ2v) is 6.92. The second-order valence-electron chi connectivity index (χ2n) is 6.92. The summed E-state index contributed by atoms with van der Waals surface area (Å²) in [6.45, 7) is 5.90. The molecule has 29 heavy (non-hydrogen) atoms. The van der Waals surface area contributed by atoms with E-state index in [0.717, 1.165) is 44.6 Å². The van der Waals surface area contributed by atoms with E-state index in [1.807, 2.05) is 75.4 Å². The molecule has 0 aliphatic heterocycles. The number of aryl methyl sites for hydroxylation is 3. The lowest BCUT2D eigenvalue weighted by Gasteiger charge is -2.07. The van der Waals surface area contributed by atoms with E-state index in [-0.39, 0.29) is 0 Å². The molecule has 0 unspecified atom stereocenters. The Kier molecular flexibility index (Phi) is 4.99. The van der Waals surface area contributed by atoms with Crippen molar-refractivity contribution in [2.75, 3.05) is 12.5 Å². The summed E-state index contributed by atoms with van der Waals surface area (Å²) in [5.74, 6) is 1.98. The first kappa shape index (κ1) is 18.7. The van der Waals surface area contributed by atoms with Gasteiger partial charge in [-0.3, -0.25) is 0 Å². The topological polar surface area (TPSA) is 72.5 Å². The van der Waals surface area contributed by atoms with Gasteiger partial charge in [0.05, 0.1) is 12.5 Å². The van der Waals surface area contributed by atoms with Crippen LogP contribution in [0.15, 0.2) is 64.1 Å². The zero-order valence-corrected chi connectivity index (χ0v) is 16.9. The Bertz CT molecular complexity index is 1220. The third kappa shape index (κ3) is 4.11. The summed E-state index contributed by atoms with van der Waals surface area (Å²) in [6, 6.07) is 17.6. The van der Waals surface area contributed by atoms with Gasteiger partial charge in [-0.15, -0.1) is 0 Å². The molecule has 6 heteroatoms. The highest BCUT2D eigenvalue weighted by Crippen LogP contribution is 2.24. The van der Waals surface area contributed by atoms with Crippen LogP contribution in [0.4, 0.5) is 5.95 Å². The molecule has 2 aromatic heterocycles. The number of rotatable bonds is 4. The SMILES string of the molecule is COc1ccc(-c2cc(=NNc3nc(C)cc(C)n3)c3ccc(C)cc3o2)cc1. The number of hydrogen-bond acceptors (Lipinski definition) is 6. The maximum absolute atomic E-state index is 6.17. The summed E-state index contributed by atoms with van der Waals surface area (Å²) < 4.78 is 11.4. The average molecular weight is 386 g/mol. The van der Waals surface area contributed by atoms with E-state index in [0.29, 0.717) is 11.7 Å². The zero-order chi connectivity index (χ0) is 20.4. The van der Waals surface area contributed by atoms with Gasteiger partial charge in [0.15, 0.2) is 0 Å². The maximum Gasteiger partial charge on any atom is 0.243 e. The number of anilines is 1. The molecule has 4 aromatic rings. The molecule has 0 spiro atoms. The lowest BCUT2D eigenvalue weighted by Crippen LogP contribution is -2.09. The Labute approximate surface area is 168 Å². The number of nitrogens with zero attached hydrogens (tertiary/aromatic N) is 3. The lowest BCUT2D eigenvalue weighted by atomic mass is 10.1. The van der Waals surface area contributed by atoms with E-state index in [1.54, 1.807) is 7.11 Å². The predicted octanol–water partition coefficient (Wildman–Crippen LogP) is 4.75. The summed E-state index contributed by atoms with van der Waals surface area (Å²) in [6.07, 6.45) is 0. The number of ether oxygens (including phenoxy) is 1. The van der Waals surface area contributed by atoms with Crippen LogP contribution in [0.2, 0.25) is 0 Å². The van der Waals surface area contributed by atoms with Crippen LogP contribution in [0.5, 0.6) is 5.75 Å². The van der Waals surface area contributed by atoms with Gasteiger partial charge < -0.3 is 9.15 Å². The van der Waals surface area contributed by atoms with E-state index in [2.05, 4.69) is 20.5 Å². The van der Waals surface area contributed by atoms with Crippen LogP contribution < -0.4 is 15.5 Å². The third-order valence-electron chi connectivity index (χ3n) is 4.53.